The molecule has 0 bridgehead atoms. The maximum Gasteiger partial charge on any atom is 0.202 e. The highest BCUT2D eigenvalue weighted by atomic mass is 16.5. The first-order chi connectivity index (χ1) is 6.20. The van der Waals surface area contributed by atoms with Crippen molar-refractivity contribution < 1.29 is 24.7 Å². The fourth-order valence-electron chi connectivity index (χ4n) is 0.456. The molecule has 0 saturated heterocycles. The van der Waals surface area contributed by atoms with E-state index in [4.69, 9.17) is 10.4 Å². The van der Waals surface area contributed by atoms with E-state index >= 15 is 0 Å². The summed E-state index contributed by atoms with van der Waals surface area (Å²) in [6, 6.07) is 0. The van der Waals surface area contributed by atoms with E-state index in [9.17, 15) is 9.59 Å². The Kier molecular flexibility index (Phi) is 5.98. The smallest absolute Gasteiger partial charge is 0.202 e. The standard InChI is InChI=1S/C6H8N2O5/c9-5(1-7-11)3-13-4-6(10)2-8-12/h1-2,11-12H,3-4H2. The van der Waals surface area contributed by atoms with E-state index in [1.54, 1.807) is 0 Å². The van der Waals surface area contributed by atoms with Crippen molar-refractivity contribution in [1.29, 1.82) is 0 Å². The number of nitrogens with zero attached hydrogens (tertiary/aromatic N) is 2. The van der Waals surface area contributed by atoms with Gasteiger partial charge in [0.25, 0.3) is 0 Å². The number of hydrogen-bond acceptors (Lipinski definition) is 7. The Hall–Kier alpha value is -1.76. The van der Waals surface area contributed by atoms with E-state index in [2.05, 4.69) is 15.0 Å². The summed E-state index contributed by atoms with van der Waals surface area (Å²) in [6.45, 7) is -0.732. The van der Waals surface area contributed by atoms with Crippen LogP contribution in [0.5, 0.6) is 0 Å². The highest BCUT2D eigenvalue weighted by Gasteiger charge is 2.01. The number of Topliss-reactive ketones (excluding diaryl/α,β-unsaturated/α-hetero) is 2. The lowest BCUT2D eigenvalue weighted by atomic mass is 10.4. The third kappa shape index (κ3) is 6.63. The van der Waals surface area contributed by atoms with Crippen molar-refractivity contribution >= 4 is 24.0 Å². The Balaban J connectivity index is 3.56. The number of ketones is 2. The number of carbonyl (C=O) groups is 2. The summed E-state index contributed by atoms with van der Waals surface area (Å²) in [5, 5.41) is 20.7. The molecule has 0 aromatic rings. The Morgan fingerprint density at radius 3 is 1.77 bits per heavy atom. The average molecular weight is 188 g/mol. The molecule has 0 heterocycles. The molecule has 0 aliphatic rings. The second-order valence-electron chi connectivity index (χ2n) is 1.91. The molecule has 2 N–H and O–H groups in total. The van der Waals surface area contributed by atoms with E-state index in [1.807, 2.05) is 0 Å². The maximum atomic E-state index is 10.6. The van der Waals surface area contributed by atoms with Crippen molar-refractivity contribution in [2.24, 2.45) is 10.3 Å². The molecule has 7 nitrogen and oxygen atoms in total. The van der Waals surface area contributed by atoms with Crippen molar-refractivity contribution in [3.63, 3.8) is 0 Å². The third-order valence-corrected chi connectivity index (χ3v) is 0.892. The molecule has 7 heteroatoms. The zero-order valence-corrected chi connectivity index (χ0v) is 6.58. The number of hydrogen-bond donors (Lipinski definition) is 2. The van der Waals surface area contributed by atoms with Gasteiger partial charge in [0.05, 0.1) is 0 Å². The first-order valence-corrected chi connectivity index (χ1v) is 3.19. The second kappa shape index (κ2) is 6.92. The predicted octanol–water partition coefficient (Wildman–Crippen LogP) is -0.939. The molecular weight excluding hydrogens is 180 g/mol. The minimum absolute atomic E-state index is 0.366. The van der Waals surface area contributed by atoms with Gasteiger partial charge in [-0.05, 0) is 0 Å². The second-order valence-corrected chi connectivity index (χ2v) is 1.91. The minimum Gasteiger partial charge on any atom is -0.411 e. The summed E-state index contributed by atoms with van der Waals surface area (Å²) in [5.74, 6) is -1.15. The van der Waals surface area contributed by atoms with Crippen LogP contribution in [-0.4, -0.2) is 47.6 Å². The molecule has 0 spiro atoms. The monoisotopic (exact) mass is 188 g/mol. The van der Waals surface area contributed by atoms with Crippen LogP contribution in [0.15, 0.2) is 10.3 Å². The van der Waals surface area contributed by atoms with Gasteiger partial charge in [0.1, 0.15) is 25.6 Å². The fourth-order valence-corrected chi connectivity index (χ4v) is 0.456. The van der Waals surface area contributed by atoms with E-state index < -0.39 is 11.6 Å². The molecule has 0 aromatic carbocycles. The Morgan fingerprint density at radius 1 is 1.08 bits per heavy atom. The van der Waals surface area contributed by atoms with Gasteiger partial charge in [-0.2, -0.15) is 0 Å². The van der Waals surface area contributed by atoms with E-state index in [-0.39, 0.29) is 13.2 Å². The van der Waals surface area contributed by atoms with Crippen molar-refractivity contribution in [2.75, 3.05) is 13.2 Å². The molecule has 0 aromatic heterocycles. The van der Waals surface area contributed by atoms with Crippen LogP contribution in [0.3, 0.4) is 0 Å². The normalized spacial score (nSPS) is 11.1. The summed E-state index contributed by atoms with van der Waals surface area (Å²) in [6.07, 6.45) is 1.31. The number of ether oxygens (including phenoxy) is 1. The van der Waals surface area contributed by atoms with Gasteiger partial charge in [-0.25, -0.2) is 0 Å². The van der Waals surface area contributed by atoms with Gasteiger partial charge in [0.15, 0.2) is 0 Å². The fraction of sp³-hybridized carbons (Fsp3) is 0.333. The van der Waals surface area contributed by atoms with Gasteiger partial charge >= 0.3 is 0 Å². The number of rotatable bonds is 6. The summed E-state index contributed by atoms with van der Waals surface area (Å²) >= 11 is 0. The van der Waals surface area contributed by atoms with Crippen LogP contribution in [-0.2, 0) is 14.3 Å². The molecule has 0 rings (SSSR count). The average Bonchev–Trinajstić information content (AvgIpc) is 2.05. The lowest BCUT2D eigenvalue weighted by Gasteiger charge is -1.95. The van der Waals surface area contributed by atoms with Crippen molar-refractivity contribution in [1.82, 2.24) is 0 Å². The molecule has 72 valence electrons. The number of carbonyl (C=O) groups excluding carboxylic acids is 2. The summed E-state index contributed by atoms with van der Waals surface area (Å²) < 4.78 is 4.56. The third-order valence-electron chi connectivity index (χ3n) is 0.892. The van der Waals surface area contributed by atoms with Gasteiger partial charge in [0.2, 0.25) is 11.6 Å². The molecule has 0 saturated carbocycles. The van der Waals surface area contributed by atoms with Gasteiger partial charge in [0, 0.05) is 0 Å². The van der Waals surface area contributed by atoms with E-state index in [0.717, 1.165) is 0 Å². The Morgan fingerprint density at radius 2 is 1.46 bits per heavy atom. The van der Waals surface area contributed by atoms with E-state index in [1.165, 1.54) is 0 Å². The van der Waals surface area contributed by atoms with Crippen LogP contribution in [0.1, 0.15) is 0 Å². The van der Waals surface area contributed by atoms with Gasteiger partial charge in [-0.3, -0.25) is 9.59 Å². The van der Waals surface area contributed by atoms with Crippen molar-refractivity contribution in [3.8, 4) is 0 Å². The van der Waals surface area contributed by atoms with Crippen LogP contribution in [0.25, 0.3) is 0 Å². The molecule has 0 aliphatic carbocycles. The molecular formula is C6H8N2O5. The first-order valence-electron chi connectivity index (χ1n) is 3.19. The molecule has 0 radical (unpaired) electrons. The number of oxime groups is 2. The SMILES string of the molecule is O=C(C=NO)COCC(=O)C=NO. The summed E-state index contributed by atoms with van der Waals surface area (Å²) in [4.78, 5) is 21.1. The topological polar surface area (TPSA) is 109 Å². The van der Waals surface area contributed by atoms with Crippen LogP contribution < -0.4 is 0 Å². The molecule has 0 unspecified atom stereocenters. The van der Waals surface area contributed by atoms with Crippen LogP contribution >= 0.6 is 0 Å². The van der Waals surface area contributed by atoms with Gasteiger partial charge < -0.3 is 15.2 Å². The highest BCUT2D eigenvalue weighted by Crippen LogP contribution is 1.77. The quantitative estimate of drug-likeness (QED) is 0.317. The zero-order valence-electron chi connectivity index (χ0n) is 6.58. The van der Waals surface area contributed by atoms with Gasteiger partial charge in [-0.15, -0.1) is 0 Å². The largest absolute Gasteiger partial charge is 0.411 e. The molecule has 0 amide bonds. The maximum absolute atomic E-state index is 10.6. The minimum atomic E-state index is -0.573. The lowest BCUT2D eigenvalue weighted by Crippen LogP contribution is -2.16. The molecule has 0 aliphatic heterocycles. The molecule has 0 atom stereocenters. The molecule has 0 fully saturated rings. The summed E-state index contributed by atoms with van der Waals surface area (Å²) in [7, 11) is 0. The Labute approximate surface area is 73.3 Å². The lowest BCUT2D eigenvalue weighted by molar-refractivity contribution is -0.121. The summed E-state index contributed by atoms with van der Waals surface area (Å²) in [5.41, 5.74) is 0. The van der Waals surface area contributed by atoms with Gasteiger partial charge in [-0.1, -0.05) is 10.3 Å². The van der Waals surface area contributed by atoms with E-state index in [0.29, 0.717) is 12.4 Å². The molecule has 13 heavy (non-hydrogen) atoms. The van der Waals surface area contributed by atoms with Crippen molar-refractivity contribution in [2.45, 2.75) is 0 Å². The Bertz CT molecular complexity index is 211. The highest BCUT2D eigenvalue weighted by molar-refractivity contribution is 6.29. The van der Waals surface area contributed by atoms with Crippen LogP contribution in [0.2, 0.25) is 0 Å². The van der Waals surface area contributed by atoms with Crippen LogP contribution in [0.4, 0.5) is 0 Å². The van der Waals surface area contributed by atoms with Crippen LogP contribution in [0, 0.1) is 0 Å². The van der Waals surface area contributed by atoms with Crippen molar-refractivity contribution in [3.05, 3.63) is 0 Å². The first kappa shape index (κ1) is 11.2. The zero-order chi connectivity index (χ0) is 10.1. The predicted molar refractivity (Wildman–Crippen MR) is 41.4 cm³/mol.